The zero-order valence-electron chi connectivity index (χ0n) is 8.46. The number of hydrogen-bond acceptors (Lipinski definition) is 3. The summed E-state index contributed by atoms with van der Waals surface area (Å²) in [6.45, 7) is 7.54. The fraction of sp³-hybridized carbons (Fsp3) is 1.00. The molecular formula is C8H16FO3P. The molecule has 1 aliphatic heterocycles. The first-order valence-electron chi connectivity index (χ1n) is 4.37. The third-order valence-electron chi connectivity index (χ3n) is 3.11. The second-order valence-corrected chi connectivity index (χ2v) is 5.52. The lowest BCUT2D eigenvalue weighted by molar-refractivity contribution is -0.106. The van der Waals surface area contributed by atoms with Crippen molar-refractivity contribution < 1.29 is 17.8 Å². The molecule has 0 radical (unpaired) electrons. The maximum Gasteiger partial charge on any atom is 0.513 e. The summed E-state index contributed by atoms with van der Waals surface area (Å²) in [5, 5.41) is 0. The van der Waals surface area contributed by atoms with Gasteiger partial charge in [0, 0.05) is 5.41 Å². The molecule has 0 aromatic heterocycles. The summed E-state index contributed by atoms with van der Waals surface area (Å²) in [5.41, 5.74) is -1.03. The lowest BCUT2D eigenvalue weighted by Crippen LogP contribution is -2.48. The highest BCUT2D eigenvalue weighted by Crippen LogP contribution is 2.61. The minimum absolute atomic E-state index is 0.143. The average molecular weight is 210 g/mol. The van der Waals surface area contributed by atoms with Gasteiger partial charge in [0.2, 0.25) is 0 Å². The second kappa shape index (κ2) is 3.04. The predicted octanol–water partition coefficient (Wildman–Crippen LogP) is 3.31. The molecule has 5 heteroatoms. The Bertz CT molecular complexity index is 254. The van der Waals surface area contributed by atoms with Gasteiger partial charge in [0.15, 0.2) is 0 Å². The molecule has 78 valence electrons. The standard InChI is InChI=1S/C8H16FO3P/c1-5-8(4)6-11-13(9,10)12-7(8,2)3/h5-6H2,1-4H3/t8-,13?/m0/s1. The number of hydrogen-bond donors (Lipinski definition) is 0. The minimum Gasteiger partial charge on any atom is -0.283 e. The van der Waals surface area contributed by atoms with Gasteiger partial charge in [0.05, 0.1) is 12.2 Å². The van der Waals surface area contributed by atoms with Crippen molar-refractivity contribution in [1.82, 2.24) is 0 Å². The normalized spacial score (nSPS) is 44.7. The van der Waals surface area contributed by atoms with E-state index in [1.165, 1.54) is 0 Å². The Labute approximate surface area is 78.3 Å². The van der Waals surface area contributed by atoms with Crippen molar-refractivity contribution in [3.05, 3.63) is 0 Å². The van der Waals surface area contributed by atoms with Crippen LogP contribution in [0.4, 0.5) is 4.20 Å². The van der Waals surface area contributed by atoms with Crippen LogP contribution in [0.5, 0.6) is 0 Å². The largest absolute Gasteiger partial charge is 0.513 e. The van der Waals surface area contributed by atoms with E-state index in [9.17, 15) is 8.76 Å². The van der Waals surface area contributed by atoms with Gasteiger partial charge in [-0.3, -0.25) is 9.05 Å². The number of halogens is 1. The molecule has 1 fully saturated rings. The SMILES string of the molecule is CC[C@@]1(C)COP(=O)(F)OC1(C)C. The summed E-state index contributed by atoms with van der Waals surface area (Å²) in [7, 11) is -4.30. The maximum atomic E-state index is 13.0. The summed E-state index contributed by atoms with van der Waals surface area (Å²) in [5.74, 6) is 0. The smallest absolute Gasteiger partial charge is 0.283 e. The van der Waals surface area contributed by atoms with Crippen molar-refractivity contribution in [3.63, 3.8) is 0 Å². The quantitative estimate of drug-likeness (QED) is 0.623. The van der Waals surface area contributed by atoms with Crippen LogP contribution >= 0.6 is 7.91 Å². The van der Waals surface area contributed by atoms with Crippen molar-refractivity contribution in [3.8, 4) is 0 Å². The van der Waals surface area contributed by atoms with Crippen molar-refractivity contribution in [2.75, 3.05) is 6.61 Å². The molecule has 0 N–H and O–H groups in total. The molecule has 1 aliphatic rings. The van der Waals surface area contributed by atoms with E-state index in [1.807, 2.05) is 13.8 Å². The van der Waals surface area contributed by atoms with Gasteiger partial charge >= 0.3 is 7.91 Å². The Hall–Kier alpha value is 0.0800. The highest BCUT2D eigenvalue weighted by Gasteiger charge is 2.51. The van der Waals surface area contributed by atoms with E-state index < -0.39 is 13.5 Å². The van der Waals surface area contributed by atoms with Gasteiger partial charge in [-0.2, -0.15) is 0 Å². The molecule has 2 atom stereocenters. The second-order valence-electron chi connectivity index (χ2n) is 4.22. The molecule has 1 saturated heterocycles. The Morgan fingerprint density at radius 3 is 2.38 bits per heavy atom. The van der Waals surface area contributed by atoms with Crippen molar-refractivity contribution >= 4 is 7.91 Å². The van der Waals surface area contributed by atoms with Gasteiger partial charge in [0.25, 0.3) is 0 Å². The summed E-state index contributed by atoms with van der Waals surface area (Å²) in [6, 6.07) is 0. The molecule has 0 aromatic rings. The summed E-state index contributed by atoms with van der Waals surface area (Å²) in [6.07, 6.45) is 0.792. The van der Waals surface area contributed by atoms with E-state index >= 15 is 0 Å². The van der Waals surface area contributed by atoms with Crippen LogP contribution in [0.15, 0.2) is 0 Å². The van der Waals surface area contributed by atoms with Crippen LogP contribution in [0.2, 0.25) is 0 Å². The molecule has 0 aliphatic carbocycles. The summed E-state index contributed by atoms with van der Waals surface area (Å²) in [4.78, 5) is 0. The molecule has 13 heavy (non-hydrogen) atoms. The first-order valence-corrected chi connectivity index (χ1v) is 5.81. The minimum atomic E-state index is -4.30. The Morgan fingerprint density at radius 1 is 1.46 bits per heavy atom. The van der Waals surface area contributed by atoms with E-state index in [4.69, 9.17) is 4.52 Å². The van der Waals surface area contributed by atoms with Crippen molar-refractivity contribution in [1.29, 1.82) is 0 Å². The van der Waals surface area contributed by atoms with Crippen LogP contribution in [0, 0.1) is 5.41 Å². The molecule has 1 heterocycles. The van der Waals surface area contributed by atoms with Crippen molar-refractivity contribution in [2.45, 2.75) is 39.7 Å². The monoisotopic (exact) mass is 210 g/mol. The van der Waals surface area contributed by atoms with Crippen LogP contribution in [-0.4, -0.2) is 12.2 Å². The lowest BCUT2D eigenvalue weighted by Gasteiger charge is -2.46. The van der Waals surface area contributed by atoms with E-state index in [1.54, 1.807) is 13.8 Å². The van der Waals surface area contributed by atoms with E-state index in [0.29, 0.717) is 0 Å². The summed E-state index contributed by atoms with van der Waals surface area (Å²) >= 11 is 0. The van der Waals surface area contributed by atoms with Gasteiger partial charge in [-0.1, -0.05) is 13.8 Å². The van der Waals surface area contributed by atoms with Crippen LogP contribution in [0.25, 0.3) is 0 Å². The fourth-order valence-electron chi connectivity index (χ4n) is 1.33. The molecule has 0 bridgehead atoms. The first kappa shape index (κ1) is 11.2. The van der Waals surface area contributed by atoms with Gasteiger partial charge in [-0.25, -0.2) is 4.57 Å². The van der Waals surface area contributed by atoms with Gasteiger partial charge in [0.1, 0.15) is 0 Å². The third kappa shape index (κ3) is 1.95. The molecule has 3 nitrogen and oxygen atoms in total. The lowest BCUT2D eigenvalue weighted by atomic mass is 9.74. The van der Waals surface area contributed by atoms with Gasteiger partial charge in [-0.15, -0.1) is 4.20 Å². The molecule has 0 aromatic carbocycles. The zero-order chi connectivity index (χ0) is 10.3. The predicted molar refractivity (Wildman–Crippen MR) is 48.2 cm³/mol. The Morgan fingerprint density at radius 2 is 2.00 bits per heavy atom. The van der Waals surface area contributed by atoms with Gasteiger partial charge < -0.3 is 0 Å². The van der Waals surface area contributed by atoms with E-state index in [0.717, 1.165) is 6.42 Å². The Kier molecular flexibility index (Phi) is 2.61. The average Bonchev–Trinajstić information content (AvgIpc) is 1.96. The molecule has 0 saturated carbocycles. The molecule has 0 amide bonds. The van der Waals surface area contributed by atoms with E-state index in [2.05, 4.69) is 4.52 Å². The molecule has 1 rings (SSSR count). The topological polar surface area (TPSA) is 35.5 Å². The molecule has 1 unspecified atom stereocenters. The van der Waals surface area contributed by atoms with Crippen LogP contribution in [0.1, 0.15) is 34.1 Å². The highest BCUT2D eigenvalue weighted by atomic mass is 31.2. The summed E-state index contributed by atoms with van der Waals surface area (Å²) < 4.78 is 33.3. The highest BCUT2D eigenvalue weighted by molar-refractivity contribution is 7.48. The van der Waals surface area contributed by atoms with Gasteiger partial charge in [-0.05, 0) is 20.3 Å². The third-order valence-corrected chi connectivity index (χ3v) is 4.22. The van der Waals surface area contributed by atoms with Crippen LogP contribution in [0.3, 0.4) is 0 Å². The van der Waals surface area contributed by atoms with Crippen molar-refractivity contribution in [2.24, 2.45) is 5.41 Å². The molecular weight excluding hydrogens is 194 g/mol. The first-order chi connectivity index (χ1) is 5.72. The molecule has 0 spiro atoms. The fourth-order valence-corrected chi connectivity index (χ4v) is 2.59. The zero-order valence-corrected chi connectivity index (χ0v) is 9.36. The van der Waals surface area contributed by atoms with E-state index in [-0.39, 0.29) is 12.0 Å². The number of rotatable bonds is 1. The van der Waals surface area contributed by atoms with Crippen LogP contribution < -0.4 is 0 Å². The maximum absolute atomic E-state index is 13.0. The van der Waals surface area contributed by atoms with Crippen LogP contribution in [-0.2, 0) is 13.6 Å². The Balaban J connectivity index is 2.92.